The SMILES string of the molecule is COC(=O)c1cccc(C(=O)N(C)C(c2ccccc2)c2ccccc2)n1. The van der Waals surface area contributed by atoms with Crippen LogP contribution in [0.15, 0.2) is 78.9 Å². The Balaban J connectivity index is 1.98. The van der Waals surface area contributed by atoms with Gasteiger partial charge in [-0.1, -0.05) is 66.7 Å². The van der Waals surface area contributed by atoms with Crippen LogP contribution in [-0.2, 0) is 4.74 Å². The van der Waals surface area contributed by atoms with E-state index in [1.54, 1.807) is 24.1 Å². The van der Waals surface area contributed by atoms with Gasteiger partial charge in [0.1, 0.15) is 11.4 Å². The highest BCUT2D eigenvalue weighted by molar-refractivity contribution is 5.94. The molecule has 136 valence electrons. The van der Waals surface area contributed by atoms with Crippen molar-refractivity contribution in [1.29, 1.82) is 0 Å². The number of carbonyl (C=O) groups excluding carboxylic acids is 2. The van der Waals surface area contributed by atoms with E-state index in [9.17, 15) is 9.59 Å². The number of benzene rings is 2. The average Bonchev–Trinajstić information content (AvgIpc) is 2.74. The number of aromatic nitrogens is 1. The molecular weight excluding hydrogens is 340 g/mol. The van der Waals surface area contributed by atoms with Crippen LogP contribution in [0.3, 0.4) is 0 Å². The standard InChI is InChI=1S/C22H20N2O3/c1-24(21(25)18-14-9-15-19(23-18)22(26)27-2)20(16-10-5-3-6-11-16)17-12-7-4-8-13-17/h3-15,20H,1-2H3. The summed E-state index contributed by atoms with van der Waals surface area (Å²) in [4.78, 5) is 30.6. The molecule has 0 fully saturated rings. The lowest BCUT2D eigenvalue weighted by atomic mass is 9.97. The summed E-state index contributed by atoms with van der Waals surface area (Å²) < 4.78 is 4.69. The van der Waals surface area contributed by atoms with Crippen LogP contribution in [-0.4, -0.2) is 35.9 Å². The first kappa shape index (κ1) is 18.3. The number of carbonyl (C=O) groups is 2. The van der Waals surface area contributed by atoms with Crippen molar-refractivity contribution in [3.05, 3.63) is 101 Å². The fourth-order valence-corrected chi connectivity index (χ4v) is 2.98. The van der Waals surface area contributed by atoms with E-state index in [4.69, 9.17) is 4.74 Å². The third kappa shape index (κ3) is 4.03. The minimum atomic E-state index is -0.574. The molecule has 0 N–H and O–H groups in total. The average molecular weight is 360 g/mol. The zero-order chi connectivity index (χ0) is 19.2. The maximum absolute atomic E-state index is 13.1. The summed E-state index contributed by atoms with van der Waals surface area (Å²) in [7, 11) is 3.02. The highest BCUT2D eigenvalue weighted by atomic mass is 16.5. The molecule has 1 heterocycles. The predicted octanol–water partition coefficient (Wildman–Crippen LogP) is 3.73. The third-order valence-corrected chi connectivity index (χ3v) is 4.30. The van der Waals surface area contributed by atoms with Crippen LogP contribution in [0, 0.1) is 0 Å². The topological polar surface area (TPSA) is 59.5 Å². The quantitative estimate of drug-likeness (QED) is 0.651. The van der Waals surface area contributed by atoms with E-state index in [0.717, 1.165) is 11.1 Å². The summed E-state index contributed by atoms with van der Waals surface area (Å²) in [5, 5.41) is 0. The molecule has 0 aliphatic heterocycles. The number of pyridine rings is 1. The molecule has 1 amide bonds. The summed E-state index contributed by atoms with van der Waals surface area (Å²) in [5.41, 5.74) is 2.28. The summed E-state index contributed by atoms with van der Waals surface area (Å²) >= 11 is 0. The number of amides is 1. The Morgan fingerprint density at radius 1 is 0.815 bits per heavy atom. The van der Waals surface area contributed by atoms with Crippen molar-refractivity contribution in [3.63, 3.8) is 0 Å². The zero-order valence-electron chi connectivity index (χ0n) is 15.2. The number of rotatable bonds is 5. The van der Waals surface area contributed by atoms with Crippen LogP contribution in [0.4, 0.5) is 0 Å². The summed E-state index contributed by atoms with van der Waals surface area (Å²) in [6.45, 7) is 0. The first-order valence-electron chi connectivity index (χ1n) is 8.54. The van der Waals surface area contributed by atoms with Crippen LogP contribution >= 0.6 is 0 Å². The predicted molar refractivity (Wildman–Crippen MR) is 102 cm³/mol. The smallest absolute Gasteiger partial charge is 0.356 e. The first-order valence-corrected chi connectivity index (χ1v) is 8.54. The second-order valence-corrected chi connectivity index (χ2v) is 6.04. The van der Waals surface area contributed by atoms with Crippen LogP contribution in [0.25, 0.3) is 0 Å². The molecule has 27 heavy (non-hydrogen) atoms. The van der Waals surface area contributed by atoms with E-state index in [1.807, 2.05) is 60.7 Å². The Morgan fingerprint density at radius 2 is 1.33 bits per heavy atom. The molecule has 0 aliphatic carbocycles. The third-order valence-electron chi connectivity index (χ3n) is 4.30. The number of ether oxygens (including phenoxy) is 1. The number of hydrogen-bond acceptors (Lipinski definition) is 4. The van der Waals surface area contributed by atoms with Crippen LogP contribution in [0.1, 0.15) is 38.1 Å². The van der Waals surface area contributed by atoms with E-state index in [0.29, 0.717) is 0 Å². The van der Waals surface area contributed by atoms with Crippen LogP contribution in [0.5, 0.6) is 0 Å². The molecule has 3 aromatic rings. The minimum absolute atomic E-state index is 0.104. The van der Waals surface area contributed by atoms with Crippen molar-refractivity contribution in [2.45, 2.75) is 6.04 Å². The van der Waals surface area contributed by atoms with E-state index < -0.39 is 5.97 Å². The Kier molecular flexibility index (Phi) is 5.61. The zero-order valence-corrected chi connectivity index (χ0v) is 15.2. The van der Waals surface area contributed by atoms with Gasteiger partial charge in [-0.3, -0.25) is 4.79 Å². The molecule has 0 saturated heterocycles. The fourth-order valence-electron chi connectivity index (χ4n) is 2.98. The Bertz CT molecular complexity index is 887. The molecule has 0 spiro atoms. The van der Waals surface area contributed by atoms with Gasteiger partial charge in [0, 0.05) is 7.05 Å². The normalized spacial score (nSPS) is 10.5. The number of methoxy groups -OCH3 is 1. The molecule has 5 heteroatoms. The van der Waals surface area contributed by atoms with Gasteiger partial charge in [0.25, 0.3) is 5.91 Å². The second-order valence-electron chi connectivity index (χ2n) is 6.04. The summed E-state index contributed by atoms with van der Waals surface area (Å²) in [6, 6.07) is 24.1. The number of esters is 1. The molecule has 0 bridgehead atoms. The van der Waals surface area contributed by atoms with E-state index >= 15 is 0 Å². The largest absolute Gasteiger partial charge is 0.464 e. The fraction of sp³-hybridized carbons (Fsp3) is 0.136. The molecule has 2 aromatic carbocycles. The first-order chi connectivity index (χ1) is 13.1. The van der Waals surface area contributed by atoms with Gasteiger partial charge in [0.2, 0.25) is 0 Å². The van der Waals surface area contributed by atoms with Crippen molar-refractivity contribution in [2.24, 2.45) is 0 Å². The summed E-state index contributed by atoms with van der Waals surface area (Å²) in [6.07, 6.45) is 0. The van der Waals surface area contributed by atoms with Crippen LogP contribution < -0.4 is 0 Å². The minimum Gasteiger partial charge on any atom is -0.464 e. The van der Waals surface area contributed by atoms with Gasteiger partial charge in [0.15, 0.2) is 0 Å². The van der Waals surface area contributed by atoms with Gasteiger partial charge in [-0.25, -0.2) is 9.78 Å². The lowest BCUT2D eigenvalue weighted by Gasteiger charge is -2.29. The Morgan fingerprint density at radius 3 is 1.85 bits per heavy atom. The Hall–Kier alpha value is -3.47. The number of nitrogens with zero attached hydrogens (tertiary/aromatic N) is 2. The van der Waals surface area contributed by atoms with E-state index in [-0.39, 0.29) is 23.3 Å². The van der Waals surface area contributed by atoms with Crippen molar-refractivity contribution in [1.82, 2.24) is 9.88 Å². The highest BCUT2D eigenvalue weighted by Crippen LogP contribution is 2.28. The van der Waals surface area contributed by atoms with Crippen molar-refractivity contribution in [3.8, 4) is 0 Å². The van der Waals surface area contributed by atoms with Gasteiger partial charge < -0.3 is 9.64 Å². The van der Waals surface area contributed by atoms with Crippen molar-refractivity contribution in [2.75, 3.05) is 14.2 Å². The van der Waals surface area contributed by atoms with Crippen molar-refractivity contribution >= 4 is 11.9 Å². The van der Waals surface area contributed by atoms with Crippen molar-refractivity contribution < 1.29 is 14.3 Å². The molecule has 1 aromatic heterocycles. The molecule has 5 nitrogen and oxygen atoms in total. The number of hydrogen-bond donors (Lipinski definition) is 0. The highest BCUT2D eigenvalue weighted by Gasteiger charge is 2.25. The molecule has 0 atom stereocenters. The van der Waals surface area contributed by atoms with Gasteiger partial charge in [-0.05, 0) is 23.3 Å². The maximum Gasteiger partial charge on any atom is 0.356 e. The lowest BCUT2D eigenvalue weighted by molar-refractivity contribution is 0.0593. The second kappa shape index (κ2) is 8.27. The Labute approximate surface area is 158 Å². The molecule has 0 unspecified atom stereocenters. The molecule has 0 radical (unpaired) electrons. The maximum atomic E-state index is 13.1. The van der Waals surface area contributed by atoms with Gasteiger partial charge in [-0.2, -0.15) is 0 Å². The molecule has 3 rings (SSSR count). The van der Waals surface area contributed by atoms with Crippen LogP contribution in [0.2, 0.25) is 0 Å². The van der Waals surface area contributed by atoms with Gasteiger partial charge >= 0.3 is 5.97 Å². The summed E-state index contributed by atoms with van der Waals surface area (Å²) in [5.74, 6) is -0.853. The monoisotopic (exact) mass is 360 g/mol. The van der Waals surface area contributed by atoms with E-state index in [2.05, 4.69) is 4.98 Å². The van der Waals surface area contributed by atoms with E-state index in [1.165, 1.54) is 13.2 Å². The van der Waals surface area contributed by atoms with Gasteiger partial charge in [-0.15, -0.1) is 0 Å². The van der Waals surface area contributed by atoms with Gasteiger partial charge in [0.05, 0.1) is 13.2 Å². The molecule has 0 aliphatic rings. The lowest BCUT2D eigenvalue weighted by Crippen LogP contribution is -2.32. The molecular formula is C22H20N2O3. The molecule has 0 saturated carbocycles.